The molecule has 0 unspecified atom stereocenters. The molecule has 0 aliphatic rings. The lowest BCUT2D eigenvalue weighted by Crippen LogP contribution is -2.09. The van der Waals surface area contributed by atoms with Crippen LogP contribution in [-0.4, -0.2) is 22.8 Å². The van der Waals surface area contributed by atoms with E-state index in [4.69, 9.17) is 0 Å². The highest BCUT2D eigenvalue weighted by Gasteiger charge is 2.04. The van der Waals surface area contributed by atoms with E-state index in [0.717, 1.165) is 10.4 Å². The summed E-state index contributed by atoms with van der Waals surface area (Å²) in [5.74, 6) is 0.889. The van der Waals surface area contributed by atoms with Crippen LogP contribution < -0.4 is 4.90 Å². The molecular formula is C4H6BrN3S. The van der Waals surface area contributed by atoms with Crippen LogP contribution in [0.1, 0.15) is 0 Å². The zero-order chi connectivity index (χ0) is 6.85. The lowest BCUT2D eigenvalue weighted by atomic mass is 10.7. The summed E-state index contributed by atoms with van der Waals surface area (Å²) in [6.45, 7) is 0. The van der Waals surface area contributed by atoms with Crippen molar-refractivity contribution < 1.29 is 0 Å². The standard InChI is InChI=1S/C4H6BrN3S/c1-8(2)4-3(5)6-9-7-4/h1-2H3. The Labute approximate surface area is 66.2 Å². The second-order valence-electron chi connectivity index (χ2n) is 1.77. The Balaban J connectivity index is 2.94. The fourth-order valence-electron chi connectivity index (χ4n) is 0.440. The molecule has 1 heterocycles. The molecule has 0 saturated carbocycles. The van der Waals surface area contributed by atoms with Crippen molar-refractivity contribution in [2.75, 3.05) is 19.0 Å². The van der Waals surface area contributed by atoms with Crippen molar-refractivity contribution in [3.8, 4) is 0 Å². The fraction of sp³-hybridized carbons (Fsp3) is 0.500. The minimum atomic E-state index is 0.817. The number of nitrogens with zero attached hydrogens (tertiary/aromatic N) is 3. The fourth-order valence-corrected chi connectivity index (χ4v) is 1.72. The summed E-state index contributed by atoms with van der Waals surface area (Å²) in [6, 6.07) is 0. The van der Waals surface area contributed by atoms with Crippen molar-refractivity contribution in [2.24, 2.45) is 0 Å². The van der Waals surface area contributed by atoms with E-state index in [1.807, 2.05) is 19.0 Å². The van der Waals surface area contributed by atoms with Crippen LogP contribution in [0.25, 0.3) is 0 Å². The van der Waals surface area contributed by atoms with E-state index in [1.165, 1.54) is 11.7 Å². The van der Waals surface area contributed by atoms with Gasteiger partial charge in [0.1, 0.15) is 0 Å². The van der Waals surface area contributed by atoms with Gasteiger partial charge in [0.05, 0.1) is 11.7 Å². The van der Waals surface area contributed by atoms with Crippen molar-refractivity contribution in [1.29, 1.82) is 0 Å². The minimum Gasteiger partial charge on any atom is -0.360 e. The van der Waals surface area contributed by atoms with Gasteiger partial charge in [-0.25, -0.2) is 0 Å². The van der Waals surface area contributed by atoms with Gasteiger partial charge in [0.2, 0.25) is 0 Å². The molecule has 0 atom stereocenters. The second-order valence-corrected chi connectivity index (χ2v) is 3.05. The third-order valence-corrected chi connectivity index (χ3v) is 2.14. The zero-order valence-corrected chi connectivity index (χ0v) is 7.53. The third-order valence-electron chi connectivity index (χ3n) is 0.856. The van der Waals surface area contributed by atoms with Crippen LogP contribution in [0.3, 0.4) is 0 Å². The molecule has 0 radical (unpaired) electrons. The summed E-state index contributed by atoms with van der Waals surface area (Å²) in [6.07, 6.45) is 0. The third kappa shape index (κ3) is 1.40. The van der Waals surface area contributed by atoms with Gasteiger partial charge in [-0.2, -0.15) is 8.75 Å². The first kappa shape index (κ1) is 6.95. The van der Waals surface area contributed by atoms with E-state index in [-0.39, 0.29) is 0 Å². The summed E-state index contributed by atoms with van der Waals surface area (Å²) in [5, 5.41) is 0. The Morgan fingerprint density at radius 1 is 1.44 bits per heavy atom. The summed E-state index contributed by atoms with van der Waals surface area (Å²) < 4.78 is 8.79. The van der Waals surface area contributed by atoms with Crippen LogP contribution in [0.5, 0.6) is 0 Å². The Bertz CT molecular complexity index is 197. The van der Waals surface area contributed by atoms with Crippen molar-refractivity contribution in [2.45, 2.75) is 0 Å². The molecule has 0 aliphatic heterocycles. The van der Waals surface area contributed by atoms with E-state index in [9.17, 15) is 0 Å². The van der Waals surface area contributed by atoms with Gasteiger partial charge in [0.15, 0.2) is 10.4 Å². The van der Waals surface area contributed by atoms with Crippen molar-refractivity contribution in [3.05, 3.63) is 4.60 Å². The lowest BCUT2D eigenvalue weighted by Gasteiger charge is -2.05. The molecule has 0 saturated heterocycles. The molecular weight excluding hydrogens is 202 g/mol. The summed E-state index contributed by atoms with van der Waals surface area (Å²) in [5.41, 5.74) is 0. The number of hydrogen-bond acceptors (Lipinski definition) is 4. The van der Waals surface area contributed by atoms with Gasteiger partial charge in [-0.05, 0) is 15.9 Å². The van der Waals surface area contributed by atoms with Crippen LogP contribution in [0.2, 0.25) is 0 Å². The van der Waals surface area contributed by atoms with Crippen LogP contribution >= 0.6 is 27.7 Å². The largest absolute Gasteiger partial charge is 0.360 e. The van der Waals surface area contributed by atoms with E-state index < -0.39 is 0 Å². The Kier molecular flexibility index (Phi) is 2.02. The topological polar surface area (TPSA) is 29.0 Å². The molecule has 5 heteroatoms. The van der Waals surface area contributed by atoms with Crippen LogP contribution in [-0.2, 0) is 0 Å². The van der Waals surface area contributed by atoms with E-state index in [1.54, 1.807) is 0 Å². The number of hydrogen-bond donors (Lipinski definition) is 0. The molecule has 0 fully saturated rings. The smallest absolute Gasteiger partial charge is 0.176 e. The van der Waals surface area contributed by atoms with E-state index in [0.29, 0.717) is 0 Å². The molecule has 0 spiro atoms. The van der Waals surface area contributed by atoms with Gasteiger partial charge >= 0.3 is 0 Å². The van der Waals surface area contributed by atoms with Crippen LogP contribution in [0.4, 0.5) is 5.82 Å². The van der Waals surface area contributed by atoms with Gasteiger partial charge in [-0.15, -0.1) is 0 Å². The Morgan fingerprint density at radius 3 is 2.33 bits per heavy atom. The van der Waals surface area contributed by atoms with Gasteiger partial charge in [0.25, 0.3) is 0 Å². The highest BCUT2D eigenvalue weighted by atomic mass is 79.9. The zero-order valence-electron chi connectivity index (χ0n) is 5.13. The first-order valence-electron chi connectivity index (χ1n) is 2.37. The highest BCUT2D eigenvalue weighted by molar-refractivity contribution is 9.10. The molecule has 50 valence electrons. The maximum atomic E-state index is 4.02. The van der Waals surface area contributed by atoms with Crippen molar-refractivity contribution in [3.63, 3.8) is 0 Å². The summed E-state index contributed by atoms with van der Waals surface area (Å²) in [7, 11) is 3.86. The molecule has 0 amide bonds. The second kappa shape index (κ2) is 2.62. The number of rotatable bonds is 1. The van der Waals surface area contributed by atoms with Gasteiger partial charge in [0, 0.05) is 14.1 Å². The Hall–Kier alpha value is -0.160. The average molecular weight is 208 g/mol. The molecule has 1 rings (SSSR count). The number of halogens is 1. The quantitative estimate of drug-likeness (QED) is 0.697. The predicted molar refractivity (Wildman–Crippen MR) is 41.9 cm³/mol. The van der Waals surface area contributed by atoms with Gasteiger partial charge in [-0.3, -0.25) is 0 Å². The average Bonchev–Trinajstić information content (AvgIpc) is 2.13. The van der Waals surface area contributed by atoms with Crippen LogP contribution in [0.15, 0.2) is 4.60 Å². The molecule has 1 aromatic rings. The monoisotopic (exact) mass is 207 g/mol. The maximum Gasteiger partial charge on any atom is 0.176 e. The predicted octanol–water partition coefficient (Wildman–Crippen LogP) is 1.37. The molecule has 3 nitrogen and oxygen atoms in total. The number of aromatic nitrogens is 2. The minimum absolute atomic E-state index is 0.817. The lowest BCUT2D eigenvalue weighted by molar-refractivity contribution is 1.09. The Morgan fingerprint density at radius 2 is 2.11 bits per heavy atom. The first-order chi connectivity index (χ1) is 4.22. The summed E-state index contributed by atoms with van der Waals surface area (Å²) >= 11 is 4.47. The highest BCUT2D eigenvalue weighted by Crippen LogP contribution is 2.20. The number of anilines is 1. The SMILES string of the molecule is CN(C)c1nsnc1Br. The van der Waals surface area contributed by atoms with Crippen LogP contribution in [0, 0.1) is 0 Å². The summed E-state index contributed by atoms with van der Waals surface area (Å²) in [4.78, 5) is 1.91. The molecule has 0 bridgehead atoms. The van der Waals surface area contributed by atoms with Crippen molar-refractivity contribution in [1.82, 2.24) is 8.75 Å². The van der Waals surface area contributed by atoms with Crippen molar-refractivity contribution >= 4 is 33.5 Å². The molecule has 9 heavy (non-hydrogen) atoms. The molecule has 0 N–H and O–H groups in total. The molecule has 0 aromatic carbocycles. The normalized spacial score (nSPS) is 9.67. The van der Waals surface area contributed by atoms with Gasteiger partial charge in [-0.1, -0.05) is 0 Å². The molecule has 1 aromatic heterocycles. The van der Waals surface area contributed by atoms with Gasteiger partial charge < -0.3 is 4.90 Å². The van der Waals surface area contributed by atoms with E-state index in [2.05, 4.69) is 24.7 Å². The van der Waals surface area contributed by atoms with E-state index >= 15 is 0 Å². The first-order valence-corrected chi connectivity index (χ1v) is 3.89. The molecule has 0 aliphatic carbocycles. The maximum absolute atomic E-state index is 4.02.